The van der Waals surface area contributed by atoms with Gasteiger partial charge in [0.15, 0.2) is 0 Å². The van der Waals surface area contributed by atoms with Gasteiger partial charge in [0.05, 0.1) is 12.0 Å². The highest BCUT2D eigenvalue weighted by Gasteiger charge is 2.46. The first-order valence-corrected chi connectivity index (χ1v) is 3.48. The lowest BCUT2D eigenvalue weighted by atomic mass is 9.88. The van der Waals surface area contributed by atoms with Gasteiger partial charge in [0.25, 0.3) is 5.91 Å². The van der Waals surface area contributed by atoms with Gasteiger partial charge >= 0.3 is 0 Å². The first-order chi connectivity index (χ1) is 4.99. The third kappa shape index (κ3) is 1.06. The number of rotatable bonds is 1. The second-order valence-electron chi connectivity index (χ2n) is 3.26. The van der Waals surface area contributed by atoms with Crippen LogP contribution in [0.4, 0.5) is 0 Å². The minimum Gasteiger partial charge on any atom is -0.274 e. The average molecular weight is 153 g/mol. The van der Waals surface area contributed by atoms with Crippen LogP contribution in [0.5, 0.6) is 0 Å². The fraction of sp³-hybridized carbons (Fsp3) is 0.500. The molecular formula is C8H11NO2. The summed E-state index contributed by atoms with van der Waals surface area (Å²) in [5.41, 5.74) is -0.303. The molecule has 11 heavy (non-hydrogen) atoms. The molecule has 0 bridgehead atoms. The van der Waals surface area contributed by atoms with Crippen LogP contribution < -0.4 is 0 Å². The number of imide groups is 1. The molecule has 60 valence electrons. The predicted octanol–water partition coefficient (Wildman–Crippen LogP) is 0.710. The van der Waals surface area contributed by atoms with Gasteiger partial charge in [0.2, 0.25) is 5.91 Å². The summed E-state index contributed by atoms with van der Waals surface area (Å²) in [5.74, 6) is -0.411. The molecule has 0 N–H and O–H groups in total. The summed E-state index contributed by atoms with van der Waals surface area (Å²) in [6.45, 7) is 7.03. The van der Waals surface area contributed by atoms with Gasteiger partial charge < -0.3 is 0 Å². The van der Waals surface area contributed by atoms with E-state index in [4.69, 9.17) is 0 Å². The van der Waals surface area contributed by atoms with Gasteiger partial charge in [-0.25, -0.2) is 0 Å². The standard InChI is InChI=1S/C8H11NO2/c1-4-6(10)9-7(11)5-8(9,2)3/h4H,1,5H2,2-3H3. The Balaban J connectivity index is 2.78. The summed E-state index contributed by atoms with van der Waals surface area (Å²) >= 11 is 0. The smallest absolute Gasteiger partial charge is 0.253 e. The molecule has 2 amide bonds. The fourth-order valence-electron chi connectivity index (χ4n) is 1.29. The Kier molecular flexibility index (Phi) is 1.59. The zero-order valence-corrected chi connectivity index (χ0v) is 6.76. The third-order valence-corrected chi connectivity index (χ3v) is 1.83. The molecule has 0 aromatic carbocycles. The largest absolute Gasteiger partial charge is 0.274 e. The second-order valence-corrected chi connectivity index (χ2v) is 3.26. The van der Waals surface area contributed by atoms with Crippen LogP contribution in [0.1, 0.15) is 20.3 Å². The molecule has 1 heterocycles. The molecule has 0 atom stereocenters. The molecule has 1 saturated heterocycles. The van der Waals surface area contributed by atoms with Crippen molar-refractivity contribution >= 4 is 11.8 Å². The monoisotopic (exact) mass is 153 g/mol. The number of likely N-dealkylation sites (tertiary alicyclic amines) is 1. The van der Waals surface area contributed by atoms with E-state index in [1.54, 1.807) is 0 Å². The molecule has 1 aliphatic heterocycles. The summed E-state index contributed by atoms with van der Waals surface area (Å²) in [6, 6.07) is 0. The maximum atomic E-state index is 11.0. The van der Waals surface area contributed by atoms with E-state index < -0.39 is 0 Å². The van der Waals surface area contributed by atoms with Crippen LogP contribution in [-0.4, -0.2) is 22.3 Å². The minimum atomic E-state index is -0.303. The van der Waals surface area contributed by atoms with Gasteiger partial charge in [-0.05, 0) is 19.9 Å². The van der Waals surface area contributed by atoms with Crippen molar-refractivity contribution in [2.24, 2.45) is 0 Å². The predicted molar refractivity (Wildman–Crippen MR) is 40.7 cm³/mol. The van der Waals surface area contributed by atoms with Crippen molar-refractivity contribution in [3.05, 3.63) is 12.7 Å². The molecule has 1 aliphatic rings. The highest BCUT2D eigenvalue weighted by Crippen LogP contribution is 2.30. The summed E-state index contributed by atoms with van der Waals surface area (Å²) in [4.78, 5) is 23.1. The molecule has 0 spiro atoms. The summed E-state index contributed by atoms with van der Waals surface area (Å²) < 4.78 is 0. The highest BCUT2D eigenvalue weighted by atomic mass is 16.2. The van der Waals surface area contributed by atoms with Gasteiger partial charge in [0, 0.05) is 0 Å². The van der Waals surface area contributed by atoms with Crippen LogP contribution in [0.25, 0.3) is 0 Å². The fourth-order valence-corrected chi connectivity index (χ4v) is 1.29. The Morgan fingerprint density at radius 3 is 2.45 bits per heavy atom. The van der Waals surface area contributed by atoms with Crippen molar-refractivity contribution in [2.45, 2.75) is 25.8 Å². The van der Waals surface area contributed by atoms with Crippen LogP contribution in [-0.2, 0) is 9.59 Å². The Morgan fingerprint density at radius 2 is 2.27 bits per heavy atom. The molecule has 3 heteroatoms. The maximum Gasteiger partial charge on any atom is 0.253 e. The van der Waals surface area contributed by atoms with Gasteiger partial charge in [-0.1, -0.05) is 6.58 Å². The van der Waals surface area contributed by atoms with Crippen LogP contribution in [0, 0.1) is 0 Å². The number of nitrogens with zero attached hydrogens (tertiary/aromatic N) is 1. The summed E-state index contributed by atoms with van der Waals surface area (Å²) in [6.07, 6.45) is 1.62. The number of amides is 2. The van der Waals surface area contributed by atoms with Crippen LogP contribution >= 0.6 is 0 Å². The lowest BCUT2D eigenvalue weighted by Gasteiger charge is -2.45. The quantitative estimate of drug-likeness (QED) is 0.411. The molecule has 0 radical (unpaired) electrons. The van der Waals surface area contributed by atoms with E-state index in [2.05, 4.69) is 6.58 Å². The second kappa shape index (κ2) is 2.19. The van der Waals surface area contributed by atoms with Gasteiger partial charge in [0.1, 0.15) is 0 Å². The highest BCUT2D eigenvalue weighted by molar-refractivity contribution is 6.05. The molecule has 0 saturated carbocycles. The van der Waals surface area contributed by atoms with E-state index in [-0.39, 0.29) is 17.4 Å². The Hall–Kier alpha value is -1.12. The van der Waals surface area contributed by atoms with Crippen molar-refractivity contribution in [1.82, 2.24) is 4.90 Å². The van der Waals surface area contributed by atoms with Gasteiger partial charge in [-0.15, -0.1) is 0 Å². The van der Waals surface area contributed by atoms with E-state index in [0.717, 1.165) is 0 Å². The first kappa shape index (κ1) is 7.98. The van der Waals surface area contributed by atoms with Gasteiger partial charge in [-0.2, -0.15) is 0 Å². The summed E-state index contributed by atoms with van der Waals surface area (Å²) in [7, 11) is 0. The van der Waals surface area contributed by atoms with Gasteiger partial charge in [-0.3, -0.25) is 14.5 Å². The summed E-state index contributed by atoms with van der Waals surface area (Å²) in [5, 5.41) is 0. The molecular weight excluding hydrogens is 142 g/mol. The van der Waals surface area contributed by atoms with Crippen molar-refractivity contribution in [3.8, 4) is 0 Å². The zero-order chi connectivity index (χ0) is 8.65. The van der Waals surface area contributed by atoms with E-state index in [1.807, 2.05) is 13.8 Å². The van der Waals surface area contributed by atoms with Crippen LogP contribution in [0.3, 0.4) is 0 Å². The third-order valence-electron chi connectivity index (χ3n) is 1.83. The van der Waals surface area contributed by atoms with Crippen molar-refractivity contribution in [1.29, 1.82) is 0 Å². The normalized spacial score (nSPS) is 20.9. The van der Waals surface area contributed by atoms with E-state index in [1.165, 1.54) is 11.0 Å². The molecule has 0 aromatic rings. The SMILES string of the molecule is C=CC(=O)N1C(=O)CC1(C)C. The maximum absolute atomic E-state index is 11.0. The average Bonchev–Trinajstić information content (AvgIpc) is 1.85. The number of β-lactam (4-membered cyclic amide) rings is 1. The van der Waals surface area contributed by atoms with E-state index in [9.17, 15) is 9.59 Å². The van der Waals surface area contributed by atoms with Crippen molar-refractivity contribution in [3.63, 3.8) is 0 Å². The first-order valence-electron chi connectivity index (χ1n) is 3.48. The lowest BCUT2D eigenvalue weighted by molar-refractivity contribution is -0.162. The Morgan fingerprint density at radius 1 is 1.73 bits per heavy atom. The number of hydrogen-bond acceptors (Lipinski definition) is 2. The minimum absolute atomic E-state index is 0.111. The molecule has 3 nitrogen and oxygen atoms in total. The molecule has 0 aromatic heterocycles. The number of carbonyl (C=O) groups is 2. The molecule has 0 aliphatic carbocycles. The topological polar surface area (TPSA) is 37.4 Å². The molecule has 1 fully saturated rings. The van der Waals surface area contributed by atoms with Crippen LogP contribution in [0.2, 0.25) is 0 Å². The molecule has 0 unspecified atom stereocenters. The van der Waals surface area contributed by atoms with Crippen molar-refractivity contribution in [2.75, 3.05) is 0 Å². The Labute approximate surface area is 65.7 Å². The van der Waals surface area contributed by atoms with E-state index >= 15 is 0 Å². The zero-order valence-electron chi connectivity index (χ0n) is 6.76. The lowest BCUT2D eigenvalue weighted by Crippen LogP contribution is -2.61. The van der Waals surface area contributed by atoms with E-state index in [0.29, 0.717) is 6.42 Å². The van der Waals surface area contributed by atoms with Crippen molar-refractivity contribution < 1.29 is 9.59 Å². The molecule has 1 rings (SSSR count). The number of carbonyl (C=O) groups excluding carboxylic acids is 2. The Bertz CT molecular complexity index is 230. The number of hydrogen-bond donors (Lipinski definition) is 0. The van der Waals surface area contributed by atoms with Crippen LogP contribution in [0.15, 0.2) is 12.7 Å².